The molecule has 0 aromatic heterocycles. The van der Waals surface area contributed by atoms with Crippen molar-refractivity contribution in [1.82, 2.24) is 0 Å². The number of anilines is 2. The van der Waals surface area contributed by atoms with Crippen molar-refractivity contribution in [3.8, 4) is 0 Å². The van der Waals surface area contributed by atoms with Crippen LogP contribution in [0.3, 0.4) is 0 Å². The van der Waals surface area contributed by atoms with Crippen molar-refractivity contribution in [3.63, 3.8) is 0 Å². The number of hydrogen-bond donors (Lipinski definition) is 2. The first-order chi connectivity index (χ1) is 8.86. The van der Waals surface area contributed by atoms with Crippen LogP contribution in [0, 0.1) is 11.6 Å². The smallest absolute Gasteiger partial charge is 0.252 e. The molecule has 19 heavy (non-hydrogen) atoms. The monoisotopic (exact) mass is 270 g/mol. The summed E-state index contributed by atoms with van der Waals surface area (Å²) in [5.41, 5.74) is -0.217. The average Bonchev–Trinajstić information content (AvgIpc) is 2.33. The van der Waals surface area contributed by atoms with Gasteiger partial charge in [-0.1, -0.05) is 0 Å². The quantitative estimate of drug-likeness (QED) is 0.881. The minimum atomic E-state index is -0.998. The van der Waals surface area contributed by atoms with Crippen LogP contribution in [0.15, 0.2) is 12.1 Å². The fourth-order valence-electron chi connectivity index (χ4n) is 2.15. The zero-order valence-corrected chi connectivity index (χ0v) is 10.8. The van der Waals surface area contributed by atoms with E-state index in [1.165, 1.54) is 4.90 Å². The molecule has 104 valence electrons. The van der Waals surface area contributed by atoms with Gasteiger partial charge < -0.3 is 15.3 Å². The van der Waals surface area contributed by atoms with E-state index < -0.39 is 17.2 Å². The summed E-state index contributed by atoms with van der Waals surface area (Å²) in [4.78, 5) is 13.7. The number of carbonyl (C=O) groups is 1. The highest BCUT2D eigenvalue weighted by Crippen LogP contribution is 2.36. The van der Waals surface area contributed by atoms with Gasteiger partial charge in [-0.3, -0.25) is 4.79 Å². The lowest BCUT2D eigenvalue weighted by molar-refractivity contribution is -0.122. The summed E-state index contributed by atoms with van der Waals surface area (Å²) in [6.45, 7) is 3.53. The summed E-state index contributed by atoms with van der Waals surface area (Å²) in [5, 5.41) is 11.8. The van der Waals surface area contributed by atoms with Crippen LogP contribution < -0.4 is 10.2 Å². The molecule has 0 unspecified atom stereocenters. The molecule has 1 amide bonds. The summed E-state index contributed by atoms with van der Waals surface area (Å²) in [5.74, 6) is -2.19. The van der Waals surface area contributed by atoms with E-state index in [4.69, 9.17) is 5.11 Å². The number of nitrogens with zero attached hydrogens (tertiary/aromatic N) is 1. The Morgan fingerprint density at radius 3 is 2.58 bits per heavy atom. The van der Waals surface area contributed by atoms with Gasteiger partial charge in [0.2, 0.25) is 0 Å². The van der Waals surface area contributed by atoms with E-state index in [9.17, 15) is 13.6 Å². The number of hydrogen-bond acceptors (Lipinski definition) is 3. The van der Waals surface area contributed by atoms with Gasteiger partial charge in [0.25, 0.3) is 5.91 Å². The third-order valence-corrected chi connectivity index (χ3v) is 3.10. The van der Waals surface area contributed by atoms with Crippen LogP contribution in [-0.2, 0) is 4.79 Å². The molecule has 1 aliphatic rings. The third kappa shape index (κ3) is 2.40. The van der Waals surface area contributed by atoms with E-state index in [-0.39, 0.29) is 19.1 Å². The first-order valence-corrected chi connectivity index (χ1v) is 6.07. The fourth-order valence-corrected chi connectivity index (χ4v) is 2.15. The minimum absolute atomic E-state index is 0.0728. The number of halogens is 2. The molecule has 0 radical (unpaired) electrons. The molecule has 0 spiro atoms. The molecule has 1 aliphatic heterocycles. The van der Waals surface area contributed by atoms with Crippen LogP contribution >= 0.6 is 0 Å². The van der Waals surface area contributed by atoms with Crippen molar-refractivity contribution in [2.75, 3.05) is 23.4 Å². The Labute approximate surface area is 110 Å². The molecule has 0 aliphatic carbocycles. The van der Waals surface area contributed by atoms with Gasteiger partial charge in [0.05, 0.1) is 11.4 Å². The number of aliphatic hydroxyl groups is 1. The van der Waals surface area contributed by atoms with Crippen molar-refractivity contribution in [2.45, 2.75) is 25.8 Å². The van der Waals surface area contributed by atoms with Gasteiger partial charge in [-0.25, -0.2) is 8.78 Å². The van der Waals surface area contributed by atoms with E-state index in [1.54, 1.807) is 13.8 Å². The lowest BCUT2D eigenvalue weighted by Crippen LogP contribution is -2.54. The van der Waals surface area contributed by atoms with Crippen LogP contribution in [0.1, 0.15) is 20.3 Å². The molecular weight excluding hydrogens is 254 g/mol. The Morgan fingerprint density at radius 2 is 1.95 bits per heavy atom. The Balaban J connectivity index is 2.48. The van der Waals surface area contributed by atoms with Gasteiger partial charge in [0, 0.05) is 25.3 Å². The van der Waals surface area contributed by atoms with E-state index in [2.05, 4.69) is 5.32 Å². The molecule has 1 aromatic rings. The molecule has 0 fully saturated rings. The maximum Gasteiger partial charge on any atom is 0.252 e. The van der Waals surface area contributed by atoms with Crippen LogP contribution in [-0.4, -0.2) is 29.7 Å². The first kappa shape index (κ1) is 13.7. The number of aliphatic hydroxyl groups excluding tert-OH is 1. The molecule has 1 heterocycles. The molecule has 0 atom stereocenters. The SMILES string of the molecule is CC1(C)Nc2cc(F)c(F)cc2N(CCCO)C1=O. The minimum Gasteiger partial charge on any atom is -0.396 e. The predicted molar refractivity (Wildman–Crippen MR) is 68.1 cm³/mol. The Kier molecular flexibility index (Phi) is 3.45. The Bertz CT molecular complexity index is 518. The van der Waals surface area contributed by atoms with E-state index >= 15 is 0 Å². The summed E-state index contributed by atoms with van der Waals surface area (Å²) in [6.07, 6.45) is 0.375. The van der Waals surface area contributed by atoms with E-state index in [0.29, 0.717) is 17.8 Å². The van der Waals surface area contributed by atoms with Crippen molar-refractivity contribution < 1.29 is 18.7 Å². The van der Waals surface area contributed by atoms with Crippen LogP contribution in [0.25, 0.3) is 0 Å². The lowest BCUT2D eigenvalue weighted by atomic mass is 9.97. The molecule has 2 rings (SSSR count). The van der Waals surface area contributed by atoms with Crippen molar-refractivity contribution in [1.29, 1.82) is 0 Å². The topological polar surface area (TPSA) is 52.6 Å². The molecule has 4 nitrogen and oxygen atoms in total. The van der Waals surface area contributed by atoms with Gasteiger partial charge in [0.15, 0.2) is 11.6 Å². The zero-order chi connectivity index (χ0) is 14.2. The molecule has 1 aromatic carbocycles. The largest absolute Gasteiger partial charge is 0.396 e. The highest BCUT2D eigenvalue weighted by molar-refractivity contribution is 6.07. The molecular formula is C13H16F2N2O2. The van der Waals surface area contributed by atoms with Crippen LogP contribution in [0.2, 0.25) is 0 Å². The highest BCUT2D eigenvalue weighted by Gasteiger charge is 2.38. The number of fused-ring (bicyclic) bond motifs is 1. The van der Waals surface area contributed by atoms with Crippen molar-refractivity contribution in [2.24, 2.45) is 0 Å². The molecule has 6 heteroatoms. The van der Waals surface area contributed by atoms with Crippen LogP contribution in [0.4, 0.5) is 20.2 Å². The number of benzene rings is 1. The maximum atomic E-state index is 13.3. The van der Waals surface area contributed by atoms with Crippen molar-refractivity contribution in [3.05, 3.63) is 23.8 Å². The lowest BCUT2D eigenvalue weighted by Gasteiger charge is -2.40. The van der Waals surface area contributed by atoms with Crippen LogP contribution in [0.5, 0.6) is 0 Å². The van der Waals surface area contributed by atoms with Crippen molar-refractivity contribution >= 4 is 17.3 Å². The third-order valence-electron chi connectivity index (χ3n) is 3.10. The zero-order valence-electron chi connectivity index (χ0n) is 10.8. The van der Waals surface area contributed by atoms with E-state index in [0.717, 1.165) is 12.1 Å². The normalized spacial score (nSPS) is 17.1. The Morgan fingerprint density at radius 1 is 1.32 bits per heavy atom. The summed E-state index contributed by atoms with van der Waals surface area (Å²) >= 11 is 0. The standard InChI is InChI=1S/C13H16F2N2O2/c1-13(2)12(19)17(4-3-5-18)11-7-9(15)8(14)6-10(11)16-13/h6-7,16,18H,3-5H2,1-2H3. The summed E-state index contributed by atoms with van der Waals surface area (Å²) in [7, 11) is 0. The summed E-state index contributed by atoms with van der Waals surface area (Å²) < 4.78 is 26.6. The summed E-state index contributed by atoms with van der Waals surface area (Å²) in [6, 6.07) is 2.05. The van der Waals surface area contributed by atoms with E-state index in [1.807, 2.05) is 0 Å². The maximum absolute atomic E-state index is 13.3. The highest BCUT2D eigenvalue weighted by atomic mass is 19.2. The molecule has 0 bridgehead atoms. The first-order valence-electron chi connectivity index (χ1n) is 6.07. The van der Waals surface area contributed by atoms with Gasteiger partial charge in [-0.05, 0) is 20.3 Å². The number of amides is 1. The number of rotatable bonds is 3. The predicted octanol–water partition coefficient (Wildman–Crippen LogP) is 1.88. The molecule has 2 N–H and O–H groups in total. The second-order valence-corrected chi connectivity index (χ2v) is 5.07. The van der Waals surface area contributed by atoms with Gasteiger partial charge in [0.1, 0.15) is 5.54 Å². The second-order valence-electron chi connectivity index (χ2n) is 5.07. The van der Waals surface area contributed by atoms with Gasteiger partial charge in [-0.2, -0.15) is 0 Å². The van der Waals surface area contributed by atoms with Gasteiger partial charge in [-0.15, -0.1) is 0 Å². The fraction of sp³-hybridized carbons (Fsp3) is 0.462. The number of nitrogens with one attached hydrogen (secondary N) is 1. The number of carbonyl (C=O) groups excluding carboxylic acids is 1. The average molecular weight is 270 g/mol. The van der Waals surface area contributed by atoms with Gasteiger partial charge >= 0.3 is 0 Å². The molecule has 0 saturated carbocycles. The Hall–Kier alpha value is -1.69. The second kappa shape index (κ2) is 4.77. The molecule has 0 saturated heterocycles.